The number of aliphatic hydroxyl groups excluding tert-OH is 1. The minimum absolute atomic E-state index is 0.265. The lowest BCUT2D eigenvalue weighted by Gasteiger charge is -2.35. The standard InChI is InChI=1S/C18H20O/c19-18-16(14-8-3-1-4-9-14)12-7-13-17(18)15-10-5-2-6-11-15/h1-6,8-11,16-19H,7,12-13H2. The van der Waals surface area contributed by atoms with Gasteiger partial charge in [-0.3, -0.25) is 0 Å². The van der Waals surface area contributed by atoms with Gasteiger partial charge < -0.3 is 5.11 Å². The maximum Gasteiger partial charge on any atom is 0.0677 e. The van der Waals surface area contributed by atoms with Gasteiger partial charge in [0.1, 0.15) is 0 Å². The number of hydrogen-bond donors (Lipinski definition) is 1. The maximum atomic E-state index is 10.7. The normalized spacial score (nSPS) is 27.1. The topological polar surface area (TPSA) is 20.2 Å². The molecule has 98 valence electrons. The molecule has 1 saturated carbocycles. The van der Waals surface area contributed by atoms with Crippen molar-refractivity contribution in [1.82, 2.24) is 0 Å². The Morgan fingerprint density at radius 2 is 1.11 bits per heavy atom. The van der Waals surface area contributed by atoms with Gasteiger partial charge in [0.25, 0.3) is 0 Å². The van der Waals surface area contributed by atoms with Crippen LogP contribution in [0.1, 0.15) is 42.2 Å². The van der Waals surface area contributed by atoms with Gasteiger partial charge in [-0.25, -0.2) is 0 Å². The molecule has 2 aromatic carbocycles. The molecule has 0 aliphatic heterocycles. The van der Waals surface area contributed by atoms with Crippen molar-refractivity contribution < 1.29 is 5.11 Å². The first kappa shape index (κ1) is 12.4. The van der Waals surface area contributed by atoms with Gasteiger partial charge in [-0.15, -0.1) is 0 Å². The second kappa shape index (κ2) is 5.58. The molecule has 1 N–H and O–H groups in total. The van der Waals surface area contributed by atoms with Gasteiger partial charge in [0.05, 0.1) is 6.10 Å². The molecule has 0 saturated heterocycles. The summed E-state index contributed by atoms with van der Waals surface area (Å²) in [5.41, 5.74) is 2.55. The van der Waals surface area contributed by atoms with E-state index in [1.54, 1.807) is 0 Å². The molecule has 0 aromatic heterocycles. The maximum absolute atomic E-state index is 10.7. The van der Waals surface area contributed by atoms with Crippen LogP contribution in [-0.4, -0.2) is 11.2 Å². The molecule has 1 fully saturated rings. The first-order valence-electron chi connectivity index (χ1n) is 7.14. The van der Waals surface area contributed by atoms with E-state index in [1.165, 1.54) is 17.5 Å². The molecule has 3 rings (SSSR count). The molecule has 1 aliphatic rings. The Balaban J connectivity index is 1.86. The van der Waals surface area contributed by atoms with Gasteiger partial charge in [-0.05, 0) is 24.0 Å². The van der Waals surface area contributed by atoms with Gasteiger partial charge in [0.15, 0.2) is 0 Å². The Morgan fingerprint density at radius 3 is 1.53 bits per heavy atom. The smallest absolute Gasteiger partial charge is 0.0677 e. The number of benzene rings is 2. The molecule has 19 heavy (non-hydrogen) atoms. The highest BCUT2D eigenvalue weighted by Crippen LogP contribution is 2.41. The van der Waals surface area contributed by atoms with Crippen LogP contribution in [0, 0.1) is 0 Å². The van der Waals surface area contributed by atoms with E-state index in [0.29, 0.717) is 0 Å². The number of aliphatic hydroxyl groups is 1. The van der Waals surface area contributed by atoms with Crippen LogP contribution in [-0.2, 0) is 0 Å². The van der Waals surface area contributed by atoms with E-state index in [4.69, 9.17) is 0 Å². The Hall–Kier alpha value is -1.60. The molecule has 0 radical (unpaired) electrons. The molecule has 1 aliphatic carbocycles. The van der Waals surface area contributed by atoms with Gasteiger partial charge in [-0.2, -0.15) is 0 Å². The van der Waals surface area contributed by atoms with E-state index in [0.717, 1.165) is 12.8 Å². The highest BCUT2D eigenvalue weighted by molar-refractivity contribution is 5.27. The number of hydrogen-bond acceptors (Lipinski definition) is 1. The minimum Gasteiger partial charge on any atom is -0.392 e. The molecule has 0 spiro atoms. The van der Waals surface area contributed by atoms with E-state index in [1.807, 2.05) is 12.1 Å². The van der Waals surface area contributed by atoms with Crippen molar-refractivity contribution in [2.75, 3.05) is 0 Å². The van der Waals surface area contributed by atoms with Crippen LogP contribution in [0.25, 0.3) is 0 Å². The summed E-state index contributed by atoms with van der Waals surface area (Å²) in [6, 6.07) is 20.9. The zero-order valence-corrected chi connectivity index (χ0v) is 11.1. The van der Waals surface area contributed by atoms with E-state index < -0.39 is 0 Å². The van der Waals surface area contributed by atoms with E-state index in [9.17, 15) is 5.11 Å². The van der Waals surface area contributed by atoms with E-state index in [-0.39, 0.29) is 17.9 Å². The van der Waals surface area contributed by atoms with Gasteiger partial charge in [0.2, 0.25) is 0 Å². The van der Waals surface area contributed by atoms with Crippen molar-refractivity contribution in [2.24, 2.45) is 0 Å². The fraction of sp³-hybridized carbons (Fsp3) is 0.333. The Labute approximate surface area is 114 Å². The van der Waals surface area contributed by atoms with Crippen molar-refractivity contribution >= 4 is 0 Å². The van der Waals surface area contributed by atoms with Gasteiger partial charge >= 0.3 is 0 Å². The van der Waals surface area contributed by atoms with E-state index in [2.05, 4.69) is 48.5 Å². The van der Waals surface area contributed by atoms with Crippen LogP contribution >= 0.6 is 0 Å². The van der Waals surface area contributed by atoms with Crippen LogP contribution < -0.4 is 0 Å². The predicted molar refractivity (Wildman–Crippen MR) is 78.2 cm³/mol. The van der Waals surface area contributed by atoms with Gasteiger partial charge in [-0.1, -0.05) is 67.1 Å². The summed E-state index contributed by atoms with van der Waals surface area (Å²) in [5, 5.41) is 10.7. The molecule has 2 aromatic rings. The Bertz CT molecular complexity index is 458. The zero-order chi connectivity index (χ0) is 13.1. The molecular formula is C18H20O. The molecule has 1 nitrogen and oxygen atoms in total. The van der Waals surface area contributed by atoms with Crippen LogP contribution in [0.3, 0.4) is 0 Å². The van der Waals surface area contributed by atoms with Crippen molar-refractivity contribution in [3.8, 4) is 0 Å². The monoisotopic (exact) mass is 252 g/mol. The lowest BCUT2D eigenvalue weighted by atomic mass is 9.73. The fourth-order valence-corrected chi connectivity index (χ4v) is 3.31. The summed E-state index contributed by atoms with van der Waals surface area (Å²) in [5.74, 6) is 0.556. The average molecular weight is 252 g/mol. The molecule has 1 heteroatoms. The second-order valence-corrected chi connectivity index (χ2v) is 5.46. The average Bonchev–Trinajstić information content (AvgIpc) is 2.49. The lowest BCUT2D eigenvalue weighted by molar-refractivity contribution is 0.0832. The largest absolute Gasteiger partial charge is 0.392 e. The summed E-state index contributed by atoms with van der Waals surface area (Å²) in [6.07, 6.45) is 3.11. The highest BCUT2D eigenvalue weighted by atomic mass is 16.3. The summed E-state index contributed by atoms with van der Waals surface area (Å²) in [7, 11) is 0. The first-order chi connectivity index (χ1) is 9.36. The molecule has 0 heterocycles. The molecule has 2 atom stereocenters. The van der Waals surface area contributed by atoms with Crippen LogP contribution in [0.5, 0.6) is 0 Å². The van der Waals surface area contributed by atoms with Crippen LogP contribution in [0.4, 0.5) is 0 Å². The van der Waals surface area contributed by atoms with Gasteiger partial charge in [0, 0.05) is 11.8 Å². The quantitative estimate of drug-likeness (QED) is 0.853. The van der Waals surface area contributed by atoms with Crippen LogP contribution in [0.15, 0.2) is 60.7 Å². The summed E-state index contributed by atoms with van der Waals surface area (Å²) >= 11 is 0. The predicted octanol–water partition coefficient (Wildman–Crippen LogP) is 4.10. The Kier molecular flexibility index (Phi) is 3.65. The molecular weight excluding hydrogens is 232 g/mol. The Morgan fingerprint density at radius 1 is 0.684 bits per heavy atom. The fourth-order valence-electron chi connectivity index (χ4n) is 3.31. The number of rotatable bonds is 2. The first-order valence-corrected chi connectivity index (χ1v) is 7.14. The van der Waals surface area contributed by atoms with Crippen molar-refractivity contribution in [3.05, 3.63) is 71.8 Å². The third-order valence-electron chi connectivity index (χ3n) is 4.31. The van der Waals surface area contributed by atoms with E-state index >= 15 is 0 Å². The third kappa shape index (κ3) is 2.57. The summed E-state index contributed by atoms with van der Waals surface area (Å²) in [4.78, 5) is 0. The van der Waals surface area contributed by atoms with Crippen molar-refractivity contribution in [1.29, 1.82) is 0 Å². The molecule has 0 bridgehead atoms. The summed E-state index contributed by atoms with van der Waals surface area (Å²) < 4.78 is 0. The zero-order valence-electron chi connectivity index (χ0n) is 11.1. The van der Waals surface area contributed by atoms with Crippen molar-refractivity contribution in [3.63, 3.8) is 0 Å². The minimum atomic E-state index is -0.265. The van der Waals surface area contributed by atoms with Crippen molar-refractivity contribution in [2.45, 2.75) is 37.2 Å². The molecule has 2 unspecified atom stereocenters. The van der Waals surface area contributed by atoms with Crippen LogP contribution in [0.2, 0.25) is 0 Å². The second-order valence-electron chi connectivity index (χ2n) is 5.46. The summed E-state index contributed by atoms with van der Waals surface area (Å²) in [6.45, 7) is 0. The highest BCUT2D eigenvalue weighted by Gasteiger charge is 2.33. The molecule has 0 amide bonds. The SMILES string of the molecule is OC1C(c2ccccc2)CCCC1c1ccccc1. The third-order valence-corrected chi connectivity index (χ3v) is 4.31. The lowest BCUT2D eigenvalue weighted by Crippen LogP contribution is -2.30.